The molecule has 1 rings (SSSR count). The third-order valence-electron chi connectivity index (χ3n) is 2.78. The molecule has 0 fully saturated rings. The zero-order valence-electron chi connectivity index (χ0n) is 11.2. The van der Waals surface area contributed by atoms with Crippen LogP contribution in [-0.4, -0.2) is 18.5 Å². The van der Waals surface area contributed by atoms with Gasteiger partial charge >= 0.3 is 0 Å². The minimum atomic E-state index is -0.0587. The second kappa shape index (κ2) is 6.64. The average Bonchev–Trinajstić information content (AvgIpc) is 2.37. The van der Waals surface area contributed by atoms with Crippen LogP contribution in [0.2, 0.25) is 0 Å². The topological polar surface area (TPSA) is 21.3 Å². The summed E-state index contributed by atoms with van der Waals surface area (Å²) in [5.74, 6) is 0.694. The maximum absolute atomic E-state index is 5.42. The Kier molecular flexibility index (Phi) is 5.48. The normalized spacial score (nSPS) is 11.8. The minimum Gasteiger partial charge on any atom is -0.497 e. The first-order valence-corrected chi connectivity index (χ1v) is 6.86. The number of nitrogens with one attached hydrogen (secondary N) is 1. The highest BCUT2D eigenvalue weighted by atomic mass is 79.9. The third-order valence-corrected chi connectivity index (χ3v) is 3.84. The molecule has 3 heteroatoms. The van der Waals surface area contributed by atoms with E-state index >= 15 is 0 Å². The van der Waals surface area contributed by atoms with Gasteiger partial charge in [-0.2, -0.15) is 0 Å². The van der Waals surface area contributed by atoms with Crippen LogP contribution in [0.3, 0.4) is 0 Å². The lowest BCUT2D eigenvalue weighted by molar-refractivity contribution is 0.230. The predicted octanol–water partition coefficient (Wildman–Crippen LogP) is 4.36. The molecular formula is C15H20BrNO. The number of benzene rings is 1. The van der Waals surface area contributed by atoms with Gasteiger partial charge < -0.3 is 10.1 Å². The Morgan fingerprint density at radius 2 is 2.11 bits per heavy atom. The van der Waals surface area contributed by atoms with Gasteiger partial charge in [-0.25, -0.2) is 0 Å². The summed E-state index contributed by atoms with van der Waals surface area (Å²) in [5, 5.41) is 3.12. The Bertz CT molecular complexity index is 454. The molecule has 0 aliphatic rings. The lowest BCUT2D eigenvalue weighted by atomic mass is 9.98. The van der Waals surface area contributed by atoms with Gasteiger partial charge in [-0.3, -0.25) is 0 Å². The zero-order valence-corrected chi connectivity index (χ0v) is 12.8. The lowest BCUT2D eigenvalue weighted by Crippen LogP contribution is -2.08. The average molecular weight is 310 g/mol. The van der Waals surface area contributed by atoms with E-state index in [-0.39, 0.29) is 4.83 Å². The van der Waals surface area contributed by atoms with Crippen molar-refractivity contribution in [3.05, 3.63) is 48.2 Å². The van der Waals surface area contributed by atoms with E-state index in [2.05, 4.69) is 53.5 Å². The second-order valence-corrected chi connectivity index (χ2v) is 4.98. The largest absolute Gasteiger partial charge is 0.497 e. The van der Waals surface area contributed by atoms with Crippen LogP contribution in [0.1, 0.15) is 18.1 Å². The molecule has 0 radical (unpaired) electrons. The Morgan fingerprint density at radius 3 is 2.61 bits per heavy atom. The van der Waals surface area contributed by atoms with Crippen LogP contribution in [0.4, 0.5) is 5.69 Å². The smallest absolute Gasteiger partial charge is 0.107 e. The van der Waals surface area contributed by atoms with Crippen molar-refractivity contribution >= 4 is 27.2 Å². The molecule has 2 nitrogen and oxygen atoms in total. The van der Waals surface area contributed by atoms with Crippen LogP contribution in [-0.2, 0) is 4.74 Å². The van der Waals surface area contributed by atoms with E-state index in [9.17, 15) is 0 Å². The van der Waals surface area contributed by atoms with Gasteiger partial charge in [-0.1, -0.05) is 35.2 Å². The van der Waals surface area contributed by atoms with Crippen molar-refractivity contribution in [2.24, 2.45) is 0 Å². The molecule has 18 heavy (non-hydrogen) atoms. The molecule has 1 aromatic carbocycles. The fourth-order valence-electron chi connectivity index (χ4n) is 1.77. The van der Waals surface area contributed by atoms with Crippen LogP contribution < -0.4 is 5.32 Å². The molecule has 0 amide bonds. The molecule has 0 spiro atoms. The van der Waals surface area contributed by atoms with Crippen LogP contribution in [0.15, 0.2) is 37.1 Å². The summed E-state index contributed by atoms with van der Waals surface area (Å²) in [5.41, 5.74) is 4.37. The van der Waals surface area contributed by atoms with Gasteiger partial charge in [0.15, 0.2) is 0 Å². The molecule has 0 saturated carbocycles. The molecule has 98 valence electrons. The maximum atomic E-state index is 5.42. The van der Waals surface area contributed by atoms with E-state index < -0.39 is 0 Å². The molecule has 1 unspecified atom stereocenters. The Hall–Kier alpha value is -1.22. The second-order valence-electron chi connectivity index (χ2n) is 4.07. The third kappa shape index (κ3) is 3.39. The van der Waals surface area contributed by atoms with E-state index in [0.29, 0.717) is 12.4 Å². The van der Waals surface area contributed by atoms with E-state index in [0.717, 1.165) is 16.8 Å². The van der Waals surface area contributed by atoms with Gasteiger partial charge in [0.1, 0.15) is 5.76 Å². The standard InChI is InChI=1S/C15H20BrNO/c1-6-18-12(4)15(16)11(3)14-8-7-13(17-5)9-10(14)2/h7-9,15,17H,3-4,6H2,1-2,5H3. The van der Waals surface area contributed by atoms with E-state index in [1.807, 2.05) is 20.0 Å². The van der Waals surface area contributed by atoms with Crippen molar-refractivity contribution < 1.29 is 4.74 Å². The van der Waals surface area contributed by atoms with Crippen molar-refractivity contribution in [2.75, 3.05) is 19.0 Å². The van der Waals surface area contributed by atoms with E-state index in [1.165, 1.54) is 5.56 Å². The summed E-state index contributed by atoms with van der Waals surface area (Å²) in [7, 11) is 1.91. The number of allylic oxidation sites excluding steroid dienone is 1. The predicted molar refractivity (Wildman–Crippen MR) is 83.2 cm³/mol. The first-order valence-electron chi connectivity index (χ1n) is 5.94. The number of rotatable bonds is 6. The van der Waals surface area contributed by atoms with Crippen molar-refractivity contribution in [3.8, 4) is 0 Å². The number of ether oxygens (including phenoxy) is 1. The monoisotopic (exact) mass is 309 g/mol. The highest BCUT2D eigenvalue weighted by Gasteiger charge is 2.16. The van der Waals surface area contributed by atoms with Crippen molar-refractivity contribution in [3.63, 3.8) is 0 Å². The summed E-state index contributed by atoms with van der Waals surface area (Å²) in [6, 6.07) is 6.21. The number of halogens is 1. The van der Waals surface area contributed by atoms with Crippen molar-refractivity contribution in [1.29, 1.82) is 0 Å². The van der Waals surface area contributed by atoms with Gasteiger partial charge in [-0.05, 0) is 42.7 Å². The highest BCUT2D eigenvalue weighted by Crippen LogP contribution is 2.30. The molecule has 1 aromatic rings. The summed E-state index contributed by atoms with van der Waals surface area (Å²) in [6.45, 7) is 12.7. The molecule has 0 aliphatic carbocycles. The molecule has 1 N–H and O–H groups in total. The summed E-state index contributed by atoms with van der Waals surface area (Å²) < 4.78 is 5.42. The highest BCUT2D eigenvalue weighted by molar-refractivity contribution is 9.10. The number of hydrogen-bond acceptors (Lipinski definition) is 2. The number of anilines is 1. The molecular weight excluding hydrogens is 290 g/mol. The quantitative estimate of drug-likeness (QED) is 0.622. The fourth-order valence-corrected chi connectivity index (χ4v) is 2.15. The molecule has 0 bridgehead atoms. The number of aryl methyl sites for hydroxylation is 1. The summed E-state index contributed by atoms with van der Waals surface area (Å²) in [6.07, 6.45) is 0. The van der Waals surface area contributed by atoms with Crippen LogP contribution in [0, 0.1) is 6.92 Å². The zero-order chi connectivity index (χ0) is 13.7. The maximum Gasteiger partial charge on any atom is 0.107 e. The Balaban J connectivity index is 2.93. The van der Waals surface area contributed by atoms with Gasteiger partial charge in [0.25, 0.3) is 0 Å². The van der Waals surface area contributed by atoms with Crippen molar-refractivity contribution in [2.45, 2.75) is 18.7 Å². The first kappa shape index (κ1) is 14.8. The van der Waals surface area contributed by atoms with E-state index in [4.69, 9.17) is 4.74 Å². The number of alkyl halides is 1. The minimum absolute atomic E-state index is 0.0587. The van der Waals surface area contributed by atoms with E-state index in [1.54, 1.807) is 0 Å². The van der Waals surface area contributed by atoms with Crippen LogP contribution in [0.25, 0.3) is 5.57 Å². The SMILES string of the molecule is C=C(OCC)C(Br)C(=C)c1ccc(NC)cc1C. The Labute approximate surface area is 118 Å². The van der Waals surface area contributed by atoms with Gasteiger partial charge in [-0.15, -0.1) is 0 Å². The van der Waals surface area contributed by atoms with Gasteiger partial charge in [0, 0.05) is 12.7 Å². The first-order chi connectivity index (χ1) is 8.51. The van der Waals surface area contributed by atoms with Gasteiger partial charge in [0.05, 0.1) is 11.4 Å². The molecule has 0 aliphatic heterocycles. The molecule has 0 saturated heterocycles. The van der Waals surface area contributed by atoms with Gasteiger partial charge in [0.2, 0.25) is 0 Å². The molecule has 0 aromatic heterocycles. The number of hydrogen-bond donors (Lipinski definition) is 1. The molecule has 1 atom stereocenters. The summed E-state index contributed by atoms with van der Waals surface area (Å²) in [4.78, 5) is -0.0587. The van der Waals surface area contributed by atoms with Crippen molar-refractivity contribution in [1.82, 2.24) is 0 Å². The van der Waals surface area contributed by atoms with Crippen LogP contribution in [0.5, 0.6) is 0 Å². The Morgan fingerprint density at radius 1 is 1.44 bits per heavy atom. The molecule has 0 heterocycles. The fraction of sp³-hybridized carbons (Fsp3) is 0.333. The summed E-state index contributed by atoms with van der Waals surface area (Å²) >= 11 is 3.58. The lowest BCUT2D eigenvalue weighted by Gasteiger charge is -2.18. The van der Waals surface area contributed by atoms with Crippen LogP contribution >= 0.6 is 15.9 Å².